The molecule has 1 amide bonds. The Balaban J connectivity index is 2.06. The van der Waals surface area contributed by atoms with Crippen LogP contribution in [0, 0.1) is 11.8 Å². The van der Waals surface area contributed by atoms with E-state index in [4.69, 9.17) is 5.73 Å². The van der Waals surface area contributed by atoms with Gasteiger partial charge in [-0.1, -0.05) is 31.1 Å². The zero-order valence-electron chi connectivity index (χ0n) is 12.4. The van der Waals surface area contributed by atoms with Crippen LogP contribution in [0.3, 0.4) is 0 Å². The molecule has 2 unspecified atom stereocenters. The molecule has 3 nitrogen and oxygen atoms in total. The molecule has 0 saturated heterocycles. The maximum atomic E-state index is 12.6. The largest absolute Gasteiger partial charge is 0.330 e. The number of carbonyl (C=O) groups is 1. The van der Waals surface area contributed by atoms with Gasteiger partial charge in [-0.2, -0.15) is 0 Å². The highest BCUT2D eigenvalue weighted by molar-refractivity contribution is 7.99. The Morgan fingerprint density at radius 1 is 1.38 bits per heavy atom. The minimum atomic E-state index is 0.0567. The van der Waals surface area contributed by atoms with E-state index >= 15 is 0 Å². The summed E-state index contributed by atoms with van der Waals surface area (Å²) in [6.45, 7) is 4.34. The maximum absolute atomic E-state index is 12.6. The topological polar surface area (TPSA) is 55.1 Å². The summed E-state index contributed by atoms with van der Waals surface area (Å²) < 4.78 is 0. The van der Waals surface area contributed by atoms with Crippen LogP contribution in [-0.2, 0) is 4.79 Å². The first kappa shape index (κ1) is 16.1. The van der Waals surface area contributed by atoms with Gasteiger partial charge in [-0.25, -0.2) is 0 Å². The SMILES string of the molecule is C=CCSc1ccccc1NC(=O)C1CCCCC1CN. The number of amides is 1. The zero-order chi connectivity index (χ0) is 15.1. The summed E-state index contributed by atoms with van der Waals surface area (Å²) in [6.07, 6.45) is 6.21. The molecular formula is C17H24N2OS. The quantitative estimate of drug-likeness (QED) is 0.623. The molecule has 0 bridgehead atoms. The summed E-state index contributed by atoms with van der Waals surface area (Å²) in [4.78, 5) is 13.7. The second kappa shape index (κ2) is 8.25. The Kier molecular flexibility index (Phi) is 6.33. The minimum Gasteiger partial charge on any atom is -0.330 e. The Hall–Kier alpha value is -1.26. The Labute approximate surface area is 131 Å². The summed E-state index contributed by atoms with van der Waals surface area (Å²) in [5.41, 5.74) is 6.72. The summed E-state index contributed by atoms with van der Waals surface area (Å²) in [5.74, 6) is 1.34. The Morgan fingerprint density at radius 3 is 2.90 bits per heavy atom. The third-order valence-electron chi connectivity index (χ3n) is 4.05. The number of hydrogen-bond donors (Lipinski definition) is 2. The van der Waals surface area contributed by atoms with Crippen molar-refractivity contribution in [1.82, 2.24) is 0 Å². The van der Waals surface area contributed by atoms with Crippen molar-refractivity contribution in [3.05, 3.63) is 36.9 Å². The maximum Gasteiger partial charge on any atom is 0.227 e. The van der Waals surface area contributed by atoms with Crippen LogP contribution in [0.2, 0.25) is 0 Å². The number of benzene rings is 1. The van der Waals surface area contributed by atoms with Crippen LogP contribution < -0.4 is 11.1 Å². The van der Waals surface area contributed by atoms with E-state index in [2.05, 4.69) is 11.9 Å². The van der Waals surface area contributed by atoms with Crippen molar-refractivity contribution in [3.8, 4) is 0 Å². The first-order valence-corrected chi connectivity index (χ1v) is 8.58. The summed E-state index contributed by atoms with van der Waals surface area (Å²) in [6, 6.07) is 7.94. The van der Waals surface area contributed by atoms with Crippen LogP contribution in [0.25, 0.3) is 0 Å². The van der Waals surface area contributed by atoms with Crippen LogP contribution in [0.5, 0.6) is 0 Å². The van der Waals surface area contributed by atoms with Gasteiger partial charge in [-0.3, -0.25) is 4.79 Å². The first-order valence-electron chi connectivity index (χ1n) is 7.60. The Bertz CT molecular complexity index is 489. The molecule has 0 spiro atoms. The van der Waals surface area contributed by atoms with E-state index < -0.39 is 0 Å². The molecule has 114 valence electrons. The van der Waals surface area contributed by atoms with Gasteiger partial charge in [0, 0.05) is 16.6 Å². The van der Waals surface area contributed by atoms with E-state index in [1.54, 1.807) is 11.8 Å². The van der Waals surface area contributed by atoms with E-state index in [1.807, 2.05) is 30.3 Å². The third-order valence-corrected chi connectivity index (χ3v) is 5.12. The average Bonchev–Trinajstić information content (AvgIpc) is 2.54. The van der Waals surface area contributed by atoms with Gasteiger partial charge in [0.25, 0.3) is 0 Å². The van der Waals surface area contributed by atoms with Crippen molar-refractivity contribution in [2.45, 2.75) is 30.6 Å². The van der Waals surface area contributed by atoms with E-state index in [0.29, 0.717) is 12.5 Å². The third kappa shape index (κ3) is 4.35. The molecule has 1 aromatic carbocycles. The highest BCUT2D eigenvalue weighted by Crippen LogP contribution is 2.32. The van der Waals surface area contributed by atoms with Crippen molar-refractivity contribution < 1.29 is 4.79 Å². The van der Waals surface area contributed by atoms with Crippen molar-refractivity contribution in [2.24, 2.45) is 17.6 Å². The molecule has 1 aliphatic rings. The monoisotopic (exact) mass is 304 g/mol. The van der Waals surface area contributed by atoms with Crippen molar-refractivity contribution in [2.75, 3.05) is 17.6 Å². The predicted octanol–water partition coefficient (Wildman–Crippen LogP) is 3.67. The second-order valence-corrected chi connectivity index (χ2v) is 6.53. The van der Waals surface area contributed by atoms with Crippen molar-refractivity contribution in [1.29, 1.82) is 0 Å². The molecule has 1 aromatic rings. The molecule has 4 heteroatoms. The first-order chi connectivity index (χ1) is 10.3. The molecule has 1 aliphatic carbocycles. The van der Waals surface area contributed by atoms with Crippen LogP contribution in [0.4, 0.5) is 5.69 Å². The lowest BCUT2D eigenvalue weighted by Crippen LogP contribution is -2.35. The molecule has 0 heterocycles. The van der Waals surface area contributed by atoms with E-state index in [0.717, 1.165) is 35.6 Å². The second-order valence-electron chi connectivity index (χ2n) is 5.47. The van der Waals surface area contributed by atoms with Crippen LogP contribution in [0.1, 0.15) is 25.7 Å². The van der Waals surface area contributed by atoms with E-state index in [9.17, 15) is 4.79 Å². The van der Waals surface area contributed by atoms with Crippen molar-refractivity contribution >= 4 is 23.4 Å². The van der Waals surface area contributed by atoms with Gasteiger partial charge in [0.1, 0.15) is 0 Å². The molecular weight excluding hydrogens is 280 g/mol. The molecule has 2 rings (SSSR count). The fourth-order valence-electron chi connectivity index (χ4n) is 2.90. The standard InChI is InChI=1S/C17H24N2OS/c1-2-11-21-16-10-6-5-9-15(16)19-17(20)14-8-4-3-7-13(14)12-18/h2,5-6,9-10,13-14H,1,3-4,7-8,11-12,18H2,(H,19,20). The molecule has 0 aliphatic heterocycles. The van der Waals surface area contributed by atoms with Gasteiger partial charge in [0.15, 0.2) is 0 Å². The molecule has 2 atom stereocenters. The van der Waals surface area contributed by atoms with Gasteiger partial charge in [-0.15, -0.1) is 18.3 Å². The lowest BCUT2D eigenvalue weighted by atomic mass is 9.78. The smallest absolute Gasteiger partial charge is 0.227 e. The number of thioether (sulfide) groups is 1. The lowest BCUT2D eigenvalue weighted by Gasteiger charge is -2.29. The highest BCUT2D eigenvalue weighted by atomic mass is 32.2. The average molecular weight is 304 g/mol. The minimum absolute atomic E-state index is 0.0567. The van der Waals surface area contributed by atoms with Crippen LogP contribution in [0.15, 0.2) is 41.8 Å². The van der Waals surface area contributed by atoms with Gasteiger partial charge >= 0.3 is 0 Å². The van der Waals surface area contributed by atoms with Gasteiger partial charge in [0.05, 0.1) is 5.69 Å². The Morgan fingerprint density at radius 2 is 2.14 bits per heavy atom. The lowest BCUT2D eigenvalue weighted by molar-refractivity contribution is -0.122. The van der Waals surface area contributed by atoms with Crippen LogP contribution in [-0.4, -0.2) is 18.2 Å². The highest BCUT2D eigenvalue weighted by Gasteiger charge is 2.30. The number of carbonyl (C=O) groups excluding carboxylic acids is 1. The normalized spacial score (nSPS) is 21.8. The number of anilines is 1. The van der Waals surface area contributed by atoms with Crippen molar-refractivity contribution in [3.63, 3.8) is 0 Å². The molecule has 0 radical (unpaired) electrons. The van der Waals surface area contributed by atoms with Gasteiger partial charge in [0.2, 0.25) is 5.91 Å². The van der Waals surface area contributed by atoms with Gasteiger partial charge in [-0.05, 0) is 37.4 Å². The molecule has 0 aromatic heterocycles. The number of rotatable bonds is 6. The van der Waals surface area contributed by atoms with E-state index in [-0.39, 0.29) is 11.8 Å². The summed E-state index contributed by atoms with van der Waals surface area (Å²) in [7, 11) is 0. The molecule has 3 N–H and O–H groups in total. The van der Waals surface area contributed by atoms with E-state index in [1.165, 1.54) is 6.42 Å². The predicted molar refractivity (Wildman–Crippen MR) is 90.5 cm³/mol. The fourth-order valence-corrected chi connectivity index (χ4v) is 3.65. The number of hydrogen-bond acceptors (Lipinski definition) is 3. The molecule has 21 heavy (non-hydrogen) atoms. The zero-order valence-corrected chi connectivity index (χ0v) is 13.2. The number of nitrogens with one attached hydrogen (secondary N) is 1. The van der Waals surface area contributed by atoms with Crippen LogP contribution >= 0.6 is 11.8 Å². The molecule has 1 saturated carbocycles. The summed E-state index contributed by atoms with van der Waals surface area (Å²) in [5, 5.41) is 3.10. The van der Waals surface area contributed by atoms with Gasteiger partial charge < -0.3 is 11.1 Å². The molecule has 1 fully saturated rings. The number of para-hydroxylation sites is 1. The number of nitrogens with two attached hydrogens (primary N) is 1. The fraction of sp³-hybridized carbons (Fsp3) is 0.471. The summed E-state index contributed by atoms with van der Waals surface area (Å²) >= 11 is 1.68.